The number of fused-ring (bicyclic) bond motifs is 2. The van der Waals surface area contributed by atoms with Gasteiger partial charge < -0.3 is 80.4 Å². The molecule has 0 aliphatic carbocycles. The summed E-state index contributed by atoms with van der Waals surface area (Å²) < 4.78 is 158. The second-order valence-electron chi connectivity index (χ2n) is 27.4. The maximum absolute atomic E-state index is 13.9. The van der Waals surface area contributed by atoms with Crippen molar-refractivity contribution in [3.05, 3.63) is 199 Å². The minimum absolute atomic E-state index is 0.0263. The topological polar surface area (TPSA) is 247 Å². The molecule has 8 aromatic rings. The first-order valence-corrected chi connectivity index (χ1v) is 41.8. The monoisotopic (exact) mass is 1600 g/mol. The molecule has 1 saturated heterocycles. The van der Waals surface area contributed by atoms with Gasteiger partial charge >= 0.3 is 0 Å². The molecule has 28 heteroatoms. The Kier molecular flexibility index (Phi) is 35.1. The number of para-hydroxylation sites is 1. The van der Waals surface area contributed by atoms with Crippen molar-refractivity contribution in [1.29, 1.82) is 5.26 Å². The summed E-state index contributed by atoms with van der Waals surface area (Å²) in [7, 11) is 4.39. The molecular formula is C84H111N6O19PS2. The largest absolute Gasteiger partial charge is 0.497 e. The van der Waals surface area contributed by atoms with Gasteiger partial charge in [-0.1, -0.05) is 121 Å². The molecule has 1 aliphatic rings. The van der Waals surface area contributed by atoms with Gasteiger partial charge in [0.05, 0.1) is 142 Å². The fourth-order valence-electron chi connectivity index (χ4n) is 13.2. The standard InChI is InChI=1S/C84H111N6O19PS2/c1-63(2)90(64(3)4)110(106-47-23-44-85)109-80-77(62-105-84(65-24-15-13-16-25-65,66-36-40-68(95-11)41-37-66)67-38-42-69(96-12)43-39-67)108-83(107-70-26-17-14-18-27-70)82(104-61-59-102-57-55-100-53-51-98-49-46-89(10)112(93,94)79-35-22-29-72-74(79)31-20-33-76(72)87(7)8)81(80)103-60-58-101-56-54-99-52-50-97-48-45-88(9)111(91,92)78-34-21-28-71-73(78)30-19-32-75(71)86(5)6/h13-22,24-43,63-64,77,80-83H,23,45-62H2,1-12H3/t77-,80-,81+,82-,83-,110?/m1/s1. The zero-order valence-electron chi connectivity index (χ0n) is 66.5. The lowest BCUT2D eigenvalue weighted by Gasteiger charge is -2.48. The van der Waals surface area contributed by atoms with E-state index in [0.29, 0.717) is 28.0 Å². The molecular weight excluding hydrogens is 1490 g/mol. The van der Waals surface area contributed by atoms with Crippen LogP contribution in [0.1, 0.15) is 50.8 Å². The fourth-order valence-corrected chi connectivity index (χ4v) is 17.7. The van der Waals surface area contributed by atoms with Gasteiger partial charge in [0.1, 0.15) is 47.3 Å². The Balaban J connectivity index is 0.910. The minimum Gasteiger partial charge on any atom is -0.497 e. The first-order chi connectivity index (χ1) is 54.1. The summed E-state index contributed by atoms with van der Waals surface area (Å²) in [5.74, 6) is 1.79. The quantitative estimate of drug-likeness (QED) is 0.0195. The highest BCUT2D eigenvalue weighted by molar-refractivity contribution is 7.89. The van der Waals surface area contributed by atoms with Crippen LogP contribution >= 0.6 is 8.53 Å². The summed E-state index contributed by atoms with van der Waals surface area (Å²) in [4.78, 5) is 4.38. The van der Waals surface area contributed by atoms with E-state index in [-0.39, 0.29) is 147 Å². The molecule has 608 valence electrons. The zero-order chi connectivity index (χ0) is 80.1. The number of nitriles is 1. The average Bonchev–Trinajstić information content (AvgIpc) is 0.735. The van der Waals surface area contributed by atoms with Gasteiger partial charge in [-0.2, -0.15) is 13.9 Å². The molecule has 0 saturated carbocycles. The SMILES string of the molecule is COc1ccc(C(OC[C@H]2O[C@@H](Oc3ccccc3)[C@H](OCCOCCOCCOCCN(C)S(=O)(=O)c3cccc4c(N(C)C)cccc34)[C@@H](OCCOCCOCCOCCN(C)S(=O)(=O)c3cccc4c(N(C)C)cccc34)[C@@H]2OP(OCCC#N)N(C(C)C)C(C)C)(c2ccccc2)c2ccc(OC)cc2)cc1. The van der Waals surface area contributed by atoms with Gasteiger partial charge in [0.25, 0.3) is 8.53 Å². The predicted molar refractivity (Wildman–Crippen MR) is 435 cm³/mol. The molecule has 1 fully saturated rings. The van der Waals surface area contributed by atoms with E-state index in [1.54, 1.807) is 52.6 Å². The average molecular weight is 1600 g/mol. The van der Waals surface area contributed by atoms with Crippen LogP contribution in [-0.2, 0) is 82.1 Å². The van der Waals surface area contributed by atoms with Crippen LogP contribution in [0.15, 0.2) is 192 Å². The summed E-state index contributed by atoms with van der Waals surface area (Å²) >= 11 is 0. The van der Waals surface area contributed by atoms with E-state index >= 15 is 0 Å². The molecule has 1 unspecified atom stereocenters. The van der Waals surface area contributed by atoms with Gasteiger partial charge in [0, 0.05) is 100 Å². The van der Waals surface area contributed by atoms with Crippen LogP contribution in [0.5, 0.6) is 17.2 Å². The number of benzene rings is 8. The molecule has 0 radical (unpaired) electrons. The highest BCUT2D eigenvalue weighted by atomic mass is 32.2. The van der Waals surface area contributed by atoms with E-state index in [2.05, 4.69) is 38.4 Å². The van der Waals surface area contributed by atoms with Crippen molar-refractivity contribution < 1.29 is 87.5 Å². The molecule has 1 aliphatic heterocycles. The normalized spacial score (nSPS) is 16.6. The predicted octanol–water partition coefficient (Wildman–Crippen LogP) is 12.4. The number of nitrogens with zero attached hydrogens (tertiary/aromatic N) is 6. The fraction of sp³-hybridized carbons (Fsp3) is 0.464. The van der Waals surface area contributed by atoms with E-state index in [9.17, 15) is 22.1 Å². The van der Waals surface area contributed by atoms with Gasteiger partial charge in [-0.15, -0.1) is 0 Å². The highest BCUT2D eigenvalue weighted by Crippen LogP contribution is 2.51. The number of hydrogen-bond donors (Lipinski definition) is 0. The molecule has 0 spiro atoms. The van der Waals surface area contributed by atoms with Crippen molar-refractivity contribution in [1.82, 2.24) is 13.3 Å². The molecule has 0 amide bonds. The smallest absolute Gasteiger partial charge is 0.259 e. The van der Waals surface area contributed by atoms with E-state index in [1.165, 1.54) is 8.61 Å². The summed E-state index contributed by atoms with van der Waals surface area (Å²) in [6, 6.07) is 58.7. The van der Waals surface area contributed by atoms with Gasteiger partial charge in [-0.3, -0.25) is 0 Å². The third kappa shape index (κ3) is 23.6. The summed E-state index contributed by atoms with van der Waals surface area (Å²) in [5, 5.41) is 12.9. The third-order valence-electron chi connectivity index (χ3n) is 18.8. The lowest BCUT2D eigenvalue weighted by Crippen LogP contribution is -2.63. The van der Waals surface area contributed by atoms with Crippen LogP contribution in [0.25, 0.3) is 21.5 Å². The van der Waals surface area contributed by atoms with Crippen LogP contribution in [0.3, 0.4) is 0 Å². The number of methoxy groups -OCH3 is 2. The van der Waals surface area contributed by atoms with Gasteiger partial charge in [-0.05, 0) is 105 Å². The molecule has 8 aromatic carbocycles. The maximum Gasteiger partial charge on any atom is 0.259 e. The molecule has 9 rings (SSSR count). The Morgan fingerprint density at radius 2 is 0.848 bits per heavy atom. The number of sulfonamides is 2. The van der Waals surface area contributed by atoms with Crippen molar-refractivity contribution in [2.75, 3.05) is 185 Å². The van der Waals surface area contributed by atoms with Crippen molar-refractivity contribution in [2.45, 2.75) is 92.3 Å². The number of rotatable bonds is 50. The third-order valence-corrected chi connectivity index (χ3v) is 24.8. The van der Waals surface area contributed by atoms with Crippen LogP contribution in [-0.4, -0.2) is 248 Å². The Hall–Kier alpha value is -7.50. The number of hydrogen-bond acceptors (Lipinski definition) is 23. The number of anilines is 2. The van der Waals surface area contributed by atoms with Crippen molar-refractivity contribution >= 4 is 61.5 Å². The Bertz CT molecular complexity index is 4350. The highest BCUT2D eigenvalue weighted by Gasteiger charge is 2.53. The van der Waals surface area contributed by atoms with Crippen LogP contribution in [0.2, 0.25) is 0 Å². The lowest BCUT2D eigenvalue weighted by atomic mass is 9.80. The minimum atomic E-state index is -3.84. The van der Waals surface area contributed by atoms with Crippen LogP contribution in [0, 0.1) is 11.3 Å². The van der Waals surface area contributed by atoms with Crippen molar-refractivity contribution in [3.8, 4) is 23.3 Å². The van der Waals surface area contributed by atoms with Crippen molar-refractivity contribution in [2.24, 2.45) is 0 Å². The van der Waals surface area contributed by atoms with Gasteiger partial charge in [0.15, 0.2) is 0 Å². The Morgan fingerprint density at radius 1 is 0.446 bits per heavy atom. The number of likely N-dealkylation sites (N-methyl/N-ethyl adjacent to an activating group) is 2. The first kappa shape index (κ1) is 88.4. The first-order valence-electron chi connectivity index (χ1n) is 37.8. The second-order valence-corrected chi connectivity index (χ2v) is 32.9. The summed E-state index contributed by atoms with van der Waals surface area (Å²) in [6.45, 7) is 10.8. The zero-order valence-corrected chi connectivity index (χ0v) is 69.0. The lowest BCUT2D eigenvalue weighted by molar-refractivity contribution is -0.298. The van der Waals surface area contributed by atoms with Crippen LogP contribution in [0.4, 0.5) is 11.4 Å². The van der Waals surface area contributed by atoms with Crippen LogP contribution < -0.4 is 24.0 Å². The van der Waals surface area contributed by atoms with Gasteiger partial charge in [0.2, 0.25) is 26.3 Å². The molecule has 0 bridgehead atoms. The molecule has 0 aromatic heterocycles. The second kappa shape index (κ2) is 44.4. The Morgan fingerprint density at radius 3 is 1.28 bits per heavy atom. The maximum atomic E-state index is 13.9. The van der Waals surface area contributed by atoms with E-state index in [0.717, 1.165) is 38.8 Å². The van der Waals surface area contributed by atoms with E-state index in [4.69, 9.17) is 70.6 Å². The number of ether oxygens (including phenoxy) is 13. The molecule has 25 nitrogen and oxygen atoms in total. The van der Waals surface area contributed by atoms with Gasteiger partial charge in [-0.25, -0.2) is 21.5 Å². The summed E-state index contributed by atoms with van der Waals surface area (Å²) in [5.41, 5.74) is 2.90. The van der Waals surface area contributed by atoms with E-state index < -0.39 is 64.9 Å². The molecule has 6 atom stereocenters. The molecule has 0 N–H and O–H groups in total. The Labute approximate surface area is 663 Å². The molecule has 1 heterocycles. The summed E-state index contributed by atoms with van der Waals surface area (Å²) in [6.07, 6.45) is -5.17. The van der Waals surface area contributed by atoms with Crippen molar-refractivity contribution in [3.63, 3.8) is 0 Å². The van der Waals surface area contributed by atoms with E-state index in [1.807, 2.05) is 196 Å². The molecule has 112 heavy (non-hydrogen) atoms.